The van der Waals surface area contributed by atoms with Crippen molar-refractivity contribution in [1.82, 2.24) is 0 Å². The fourth-order valence-electron chi connectivity index (χ4n) is 1.76. The van der Waals surface area contributed by atoms with Crippen molar-refractivity contribution in [3.05, 3.63) is 74.9 Å². The molecular weight excluding hydrogens is 323 g/mol. The molecule has 0 aromatic heterocycles. The van der Waals surface area contributed by atoms with Gasteiger partial charge in [-0.25, -0.2) is 8.42 Å². The normalized spacial score (nSPS) is 11.6. The SMILES string of the molecule is Cc1ccc(/C=C/S(=O)(=O)Nc2ccc(F)c([N+](=O)[O-])c2)cc1. The van der Waals surface area contributed by atoms with Gasteiger partial charge in [-0.1, -0.05) is 29.8 Å². The second-order valence-electron chi connectivity index (χ2n) is 4.78. The van der Waals surface area contributed by atoms with Gasteiger partial charge in [0.05, 0.1) is 16.0 Å². The first kappa shape index (κ1) is 16.6. The predicted molar refractivity (Wildman–Crippen MR) is 85.8 cm³/mol. The van der Waals surface area contributed by atoms with Crippen molar-refractivity contribution >= 4 is 27.5 Å². The number of nitro groups is 1. The van der Waals surface area contributed by atoms with E-state index in [2.05, 4.69) is 4.72 Å². The van der Waals surface area contributed by atoms with Crippen LogP contribution in [0.4, 0.5) is 15.8 Å². The summed E-state index contributed by atoms with van der Waals surface area (Å²) in [4.78, 5) is 9.73. The van der Waals surface area contributed by atoms with Gasteiger partial charge < -0.3 is 0 Å². The Hall–Kier alpha value is -2.74. The third-order valence-corrected chi connectivity index (χ3v) is 3.93. The van der Waals surface area contributed by atoms with E-state index in [0.29, 0.717) is 5.56 Å². The molecule has 0 aliphatic rings. The largest absolute Gasteiger partial charge is 0.306 e. The minimum absolute atomic E-state index is 0.0911. The molecule has 2 rings (SSSR count). The van der Waals surface area contributed by atoms with Crippen LogP contribution in [0.2, 0.25) is 0 Å². The van der Waals surface area contributed by atoms with E-state index < -0.39 is 26.5 Å². The highest BCUT2D eigenvalue weighted by atomic mass is 32.2. The van der Waals surface area contributed by atoms with Crippen molar-refractivity contribution < 1.29 is 17.7 Å². The first-order valence-electron chi connectivity index (χ1n) is 6.48. The van der Waals surface area contributed by atoms with E-state index in [9.17, 15) is 22.9 Å². The molecule has 1 N–H and O–H groups in total. The van der Waals surface area contributed by atoms with E-state index in [1.165, 1.54) is 6.08 Å². The molecule has 0 saturated heterocycles. The number of nitro benzene ring substituents is 1. The maximum Gasteiger partial charge on any atom is 0.306 e. The Morgan fingerprint density at radius 3 is 2.43 bits per heavy atom. The minimum Gasteiger partial charge on any atom is -0.280 e. The number of nitrogens with one attached hydrogen (secondary N) is 1. The zero-order valence-electron chi connectivity index (χ0n) is 12.1. The van der Waals surface area contributed by atoms with E-state index in [1.807, 2.05) is 19.1 Å². The van der Waals surface area contributed by atoms with Crippen LogP contribution in [0, 0.1) is 22.9 Å². The zero-order valence-corrected chi connectivity index (χ0v) is 12.9. The first-order chi connectivity index (χ1) is 10.8. The lowest BCUT2D eigenvalue weighted by Gasteiger charge is -2.04. The lowest BCUT2D eigenvalue weighted by molar-refractivity contribution is -0.387. The highest BCUT2D eigenvalue weighted by Crippen LogP contribution is 2.22. The van der Waals surface area contributed by atoms with Gasteiger partial charge in [0, 0.05) is 6.07 Å². The molecule has 0 atom stereocenters. The number of anilines is 1. The molecule has 120 valence electrons. The van der Waals surface area contributed by atoms with E-state index in [1.54, 1.807) is 12.1 Å². The molecule has 0 aliphatic carbocycles. The van der Waals surface area contributed by atoms with Gasteiger partial charge in [-0.15, -0.1) is 0 Å². The lowest BCUT2D eigenvalue weighted by Crippen LogP contribution is -2.09. The summed E-state index contributed by atoms with van der Waals surface area (Å²) in [6, 6.07) is 9.95. The average Bonchev–Trinajstić information content (AvgIpc) is 2.48. The number of halogens is 1. The van der Waals surface area contributed by atoms with Gasteiger partial charge in [-0.3, -0.25) is 14.8 Å². The molecule has 0 bridgehead atoms. The van der Waals surface area contributed by atoms with E-state index in [-0.39, 0.29) is 5.69 Å². The Balaban J connectivity index is 2.19. The maximum absolute atomic E-state index is 13.2. The molecule has 0 radical (unpaired) electrons. The molecule has 0 unspecified atom stereocenters. The van der Waals surface area contributed by atoms with Crippen LogP contribution in [-0.2, 0) is 10.0 Å². The predicted octanol–water partition coefficient (Wildman–Crippen LogP) is 3.45. The molecular formula is C15H13FN2O4S. The van der Waals surface area contributed by atoms with Crippen molar-refractivity contribution in [2.45, 2.75) is 6.92 Å². The molecule has 0 spiro atoms. The van der Waals surface area contributed by atoms with Gasteiger partial charge in [0.2, 0.25) is 5.82 Å². The van der Waals surface area contributed by atoms with E-state index in [4.69, 9.17) is 0 Å². The smallest absolute Gasteiger partial charge is 0.280 e. The number of rotatable bonds is 5. The van der Waals surface area contributed by atoms with Crippen LogP contribution in [0.1, 0.15) is 11.1 Å². The van der Waals surface area contributed by atoms with Crippen molar-refractivity contribution in [2.24, 2.45) is 0 Å². The summed E-state index contributed by atoms with van der Waals surface area (Å²) in [6.45, 7) is 1.91. The van der Waals surface area contributed by atoms with E-state index >= 15 is 0 Å². The standard InChI is InChI=1S/C15H13FN2O4S/c1-11-2-4-12(5-3-11)8-9-23(21,22)17-13-6-7-14(16)15(10-13)18(19)20/h2-10,17H,1H3/b9-8+. The van der Waals surface area contributed by atoms with Gasteiger partial charge in [0.25, 0.3) is 10.0 Å². The molecule has 0 saturated carbocycles. The molecule has 0 fully saturated rings. The Morgan fingerprint density at radius 2 is 1.83 bits per heavy atom. The quantitative estimate of drug-likeness (QED) is 0.669. The molecule has 2 aromatic rings. The molecule has 8 heteroatoms. The molecule has 0 amide bonds. The molecule has 2 aromatic carbocycles. The summed E-state index contributed by atoms with van der Waals surface area (Å²) >= 11 is 0. The van der Waals surface area contributed by atoms with Crippen molar-refractivity contribution in [3.63, 3.8) is 0 Å². The van der Waals surface area contributed by atoms with Crippen LogP contribution in [0.15, 0.2) is 47.9 Å². The summed E-state index contributed by atoms with van der Waals surface area (Å²) in [5.41, 5.74) is 0.840. The van der Waals surface area contributed by atoms with Crippen molar-refractivity contribution in [3.8, 4) is 0 Å². The van der Waals surface area contributed by atoms with Crippen molar-refractivity contribution in [2.75, 3.05) is 4.72 Å². The van der Waals surface area contributed by atoms with Crippen LogP contribution >= 0.6 is 0 Å². The summed E-state index contributed by atoms with van der Waals surface area (Å²) in [5, 5.41) is 11.6. The topological polar surface area (TPSA) is 89.3 Å². The Bertz CT molecular complexity index is 862. The second-order valence-corrected chi connectivity index (χ2v) is 6.35. The molecule has 0 heterocycles. The van der Waals surface area contributed by atoms with Crippen LogP contribution in [0.3, 0.4) is 0 Å². The van der Waals surface area contributed by atoms with Crippen molar-refractivity contribution in [1.29, 1.82) is 0 Å². The Labute approximate surface area is 132 Å². The number of benzene rings is 2. The van der Waals surface area contributed by atoms with Gasteiger partial charge >= 0.3 is 5.69 Å². The van der Waals surface area contributed by atoms with Gasteiger partial charge in [-0.2, -0.15) is 4.39 Å². The molecule has 6 nitrogen and oxygen atoms in total. The van der Waals surface area contributed by atoms with Crippen LogP contribution in [-0.4, -0.2) is 13.3 Å². The van der Waals surface area contributed by atoms with Crippen LogP contribution in [0.25, 0.3) is 6.08 Å². The molecule has 23 heavy (non-hydrogen) atoms. The minimum atomic E-state index is -3.87. The molecule has 0 aliphatic heterocycles. The summed E-state index contributed by atoms with van der Waals surface area (Å²) in [6.07, 6.45) is 1.39. The fourth-order valence-corrected chi connectivity index (χ4v) is 2.62. The highest BCUT2D eigenvalue weighted by Gasteiger charge is 2.16. The number of sulfonamides is 1. The number of nitrogens with zero attached hydrogens (tertiary/aromatic N) is 1. The number of aryl methyl sites for hydroxylation is 1. The maximum atomic E-state index is 13.2. The van der Waals surface area contributed by atoms with Gasteiger partial charge in [-0.05, 0) is 30.7 Å². The summed E-state index contributed by atoms with van der Waals surface area (Å²) < 4.78 is 39.2. The van der Waals surface area contributed by atoms with Crippen LogP contribution in [0.5, 0.6) is 0 Å². The third-order valence-electron chi connectivity index (χ3n) is 2.92. The monoisotopic (exact) mass is 336 g/mol. The number of hydrogen-bond acceptors (Lipinski definition) is 4. The third kappa shape index (κ3) is 4.62. The van der Waals surface area contributed by atoms with Gasteiger partial charge in [0.1, 0.15) is 0 Å². The summed E-state index contributed by atoms with van der Waals surface area (Å²) in [7, 11) is -3.87. The van der Waals surface area contributed by atoms with Crippen LogP contribution < -0.4 is 4.72 Å². The highest BCUT2D eigenvalue weighted by molar-refractivity contribution is 7.95. The number of hydrogen-bond donors (Lipinski definition) is 1. The lowest BCUT2D eigenvalue weighted by atomic mass is 10.2. The zero-order chi connectivity index (χ0) is 17.0. The average molecular weight is 336 g/mol. The first-order valence-corrected chi connectivity index (χ1v) is 8.03. The van der Waals surface area contributed by atoms with Gasteiger partial charge in [0.15, 0.2) is 0 Å². The second kappa shape index (κ2) is 6.57. The Kier molecular flexibility index (Phi) is 4.75. The Morgan fingerprint density at radius 1 is 1.17 bits per heavy atom. The van der Waals surface area contributed by atoms with E-state index in [0.717, 1.165) is 29.2 Å². The fraction of sp³-hybridized carbons (Fsp3) is 0.0667. The summed E-state index contributed by atoms with van der Waals surface area (Å²) in [5.74, 6) is -1.03.